The Balaban J connectivity index is 2.68. The summed E-state index contributed by atoms with van der Waals surface area (Å²) in [4.78, 5) is 24.1. The molecule has 19 heavy (non-hydrogen) atoms. The van der Waals surface area contributed by atoms with Gasteiger partial charge in [0.1, 0.15) is 5.54 Å². The highest BCUT2D eigenvalue weighted by Crippen LogP contribution is 2.25. The number of carbonyl (C=O) groups excluding carboxylic acids is 2. The Labute approximate surface area is 115 Å². The third-order valence-electron chi connectivity index (χ3n) is 3.87. The third kappa shape index (κ3) is 4.20. The number of nitrogens with one attached hydrogen (secondary N) is 1. The van der Waals surface area contributed by atoms with E-state index < -0.39 is 5.54 Å². The van der Waals surface area contributed by atoms with Gasteiger partial charge in [-0.15, -0.1) is 0 Å². The van der Waals surface area contributed by atoms with Crippen molar-refractivity contribution >= 4 is 11.9 Å². The van der Waals surface area contributed by atoms with Crippen molar-refractivity contribution in [3.8, 4) is 0 Å². The topological polar surface area (TPSA) is 81.4 Å². The molecule has 3 atom stereocenters. The van der Waals surface area contributed by atoms with E-state index in [4.69, 9.17) is 10.5 Å². The molecule has 0 spiro atoms. The highest BCUT2D eigenvalue weighted by Gasteiger charge is 2.37. The Bertz CT molecular complexity index is 333. The van der Waals surface area contributed by atoms with Crippen LogP contribution in [-0.2, 0) is 14.3 Å². The maximum atomic E-state index is 12.3. The average Bonchev–Trinajstić information content (AvgIpc) is 2.37. The third-order valence-corrected chi connectivity index (χ3v) is 3.87. The van der Waals surface area contributed by atoms with Crippen LogP contribution in [0.4, 0.5) is 0 Å². The van der Waals surface area contributed by atoms with Crippen LogP contribution in [0.15, 0.2) is 0 Å². The maximum Gasteiger partial charge on any atom is 0.331 e. The smallest absolute Gasteiger partial charge is 0.331 e. The van der Waals surface area contributed by atoms with Crippen molar-refractivity contribution in [2.75, 3.05) is 7.11 Å². The second-order valence-corrected chi connectivity index (χ2v) is 5.69. The number of methoxy groups -OCH3 is 1. The number of nitrogens with two attached hydrogens (primary N) is 1. The van der Waals surface area contributed by atoms with E-state index in [1.165, 1.54) is 7.11 Å². The molecule has 0 radical (unpaired) electrons. The number of hydrogen-bond acceptors (Lipinski definition) is 4. The van der Waals surface area contributed by atoms with E-state index in [-0.39, 0.29) is 23.8 Å². The molecule has 110 valence electrons. The Kier molecular flexibility index (Phi) is 5.79. The zero-order valence-corrected chi connectivity index (χ0v) is 12.2. The molecule has 3 unspecified atom stereocenters. The van der Waals surface area contributed by atoms with Gasteiger partial charge in [-0.05, 0) is 32.6 Å². The summed E-state index contributed by atoms with van der Waals surface area (Å²) in [7, 11) is 1.35. The molecule has 1 amide bonds. The van der Waals surface area contributed by atoms with Crippen LogP contribution in [-0.4, -0.2) is 30.6 Å². The maximum absolute atomic E-state index is 12.3. The molecule has 0 aromatic rings. The predicted octanol–water partition coefficient (Wildman–Crippen LogP) is 1.35. The molecule has 3 N–H and O–H groups in total. The number of carbonyl (C=O) groups is 2. The lowest BCUT2D eigenvalue weighted by atomic mass is 9.84. The van der Waals surface area contributed by atoms with Crippen molar-refractivity contribution in [2.24, 2.45) is 11.7 Å². The predicted molar refractivity (Wildman–Crippen MR) is 73.4 cm³/mol. The van der Waals surface area contributed by atoms with Crippen molar-refractivity contribution in [1.82, 2.24) is 5.32 Å². The minimum absolute atomic E-state index is 0.0727. The van der Waals surface area contributed by atoms with Gasteiger partial charge in [0.05, 0.1) is 7.11 Å². The number of esters is 1. The lowest BCUT2D eigenvalue weighted by Crippen LogP contribution is -2.55. The monoisotopic (exact) mass is 270 g/mol. The first-order valence-corrected chi connectivity index (χ1v) is 7.09. The lowest BCUT2D eigenvalue weighted by Gasteiger charge is -2.32. The Morgan fingerprint density at radius 2 is 2.11 bits per heavy atom. The van der Waals surface area contributed by atoms with Gasteiger partial charge in [-0.3, -0.25) is 4.79 Å². The molecule has 1 rings (SSSR count). The van der Waals surface area contributed by atoms with E-state index in [2.05, 4.69) is 5.32 Å². The van der Waals surface area contributed by atoms with E-state index >= 15 is 0 Å². The normalized spacial score (nSPS) is 26.3. The summed E-state index contributed by atoms with van der Waals surface area (Å²) in [5.74, 6) is -0.538. The fourth-order valence-electron chi connectivity index (χ4n) is 2.78. The summed E-state index contributed by atoms with van der Waals surface area (Å²) in [5.41, 5.74) is 4.97. The van der Waals surface area contributed by atoms with Gasteiger partial charge in [0.15, 0.2) is 0 Å². The zero-order chi connectivity index (χ0) is 14.5. The number of ether oxygens (including phenoxy) is 1. The fraction of sp³-hybridized carbons (Fsp3) is 0.857. The van der Waals surface area contributed by atoms with Crippen LogP contribution < -0.4 is 11.1 Å². The van der Waals surface area contributed by atoms with Gasteiger partial charge in [0.25, 0.3) is 0 Å². The summed E-state index contributed by atoms with van der Waals surface area (Å²) in [6, 6.07) is 0.0973. The lowest BCUT2D eigenvalue weighted by molar-refractivity contribution is -0.151. The molecule has 1 fully saturated rings. The number of hydrogen-bond donors (Lipinski definition) is 2. The summed E-state index contributed by atoms with van der Waals surface area (Å²) < 4.78 is 4.80. The van der Waals surface area contributed by atoms with Crippen LogP contribution in [0.2, 0.25) is 0 Å². The van der Waals surface area contributed by atoms with Gasteiger partial charge in [0.2, 0.25) is 5.91 Å². The summed E-state index contributed by atoms with van der Waals surface area (Å²) in [5, 5.41) is 2.87. The quantitative estimate of drug-likeness (QED) is 0.739. The molecule has 5 nitrogen and oxygen atoms in total. The highest BCUT2D eigenvalue weighted by molar-refractivity contribution is 5.88. The van der Waals surface area contributed by atoms with E-state index in [1.54, 1.807) is 6.92 Å². The Hall–Kier alpha value is -1.10. The van der Waals surface area contributed by atoms with E-state index in [0.29, 0.717) is 12.8 Å². The largest absolute Gasteiger partial charge is 0.467 e. The van der Waals surface area contributed by atoms with Gasteiger partial charge in [-0.1, -0.05) is 19.8 Å². The Morgan fingerprint density at radius 3 is 2.63 bits per heavy atom. The summed E-state index contributed by atoms with van der Waals surface area (Å²) >= 11 is 0. The molecular formula is C14H26N2O3. The van der Waals surface area contributed by atoms with E-state index in [0.717, 1.165) is 25.7 Å². The molecule has 1 aliphatic carbocycles. The SMILES string of the molecule is CCCC(C)(NC(=O)C1CCCC(N)C1)C(=O)OC. The molecule has 5 heteroatoms. The van der Waals surface area contributed by atoms with E-state index in [9.17, 15) is 9.59 Å². The van der Waals surface area contributed by atoms with Crippen LogP contribution in [0.25, 0.3) is 0 Å². The first kappa shape index (κ1) is 16.0. The number of amides is 1. The molecule has 1 saturated carbocycles. The molecule has 0 saturated heterocycles. The van der Waals surface area contributed by atoms with Crippen LogP contribution in [0.3, 0.4) is 0 Å². The van der Waals surface area contributed by atoms with Gasteiger partial charge in [-0.25, -0.2) is 4.79 Å². The minimum Gasteiger partial charge on any atom is -0.467 e. The van der Waals surface area contributed by atoms with Gasteiger partial charge >= 0.3 is 5.97 Å². The average molecular weight is 270 g/mol. The van der Waals surface area contributed by atoms with Crippen molar-refractivity contribution in [3.63, 3.8) is 0 Å². The minimum atomic E-state index is -0.928. The summed E-state index contributed by atoms with van der Waals surface area (Å²) in [6.45, 7) is 3.70. The van der Waals surface area contributed by atoms with Crippen LogP contribution in [0.5, 0.6) is 0 Å². The Morgan fingerprint density at radius 1 is 1.42 bits per heavy atom. The molecule has 1 aliphatic rings. The molecule has 0 bridgehead atoms. The second kappa shape index (κ2) is 6.89. The molecule has 0 heterocycles. The summed E-state index contributed by atoms with van der Waals surface area (Å²) in [6.07, 6.45) is 4.88. The fourth-order valence-corrected chi connectivity index (χ4v) is 2.78. The standard InChI is InChI=1S/C14H26N2O3/c1-4-8-14(2,13(18)19-3)16-12(17)10-6-5-7-11(15)9-10/h10-11H,4-9,15H2,1-3H3,(H,16,17). The van der Waals surface area contributed by atoms with Crippen LogP contribution in [0.1, 0.15) is 52.4 Å². The van der Waals surface area contributed by atoms with Crippen molar-refractivity contribution in [2.45, 2.75) is 64.0 Å². The van der Waals surface area contributed by atoms with E-state index in [1.807, 2.05) is 6.92 Å². The van der Waals surface area contributed by atoms with Gasteiger partial charge in [0, 0.05) is 12.0 Å². The first-order valence-electron chi connectivity index (χ1n) is 7.09. The first-order chi connectivity index (χ1) is 8.92. The molecule has 0 aromatic heterocycles. The number of rotatable bonds is 5. The van der Waals surface area contributed by atoms with Gasteiger partial charge < -0.3 is 15.8 Å². The van der Waals surface area contributed by atoms with Gasteiger partial charge in [-0.2, -0.15) is 0 Å². The zero-order valence-electron chi connectivity index (χ0n) is 12.2. The highest BCUT2D eigenvalue weighted by atomic mass is 16.5. The van der Waals surface area contributed by atoms with Crippen LogP contribution >= 0.6 is 0 Å². The van der Waals surface area contributed by atoms with Crippen molar-refractivity contribution in [1.29, 1.82) is 0 Å². The molecule has 0 aromatic carbocycles. The molecular weight excluding hydrogens is 244 g/mol. The second-order valence-electron chi connectivity index (χ2n) is 5.69. The molecule has 0 aliphatic heterocycles. The van der Waals surface area contributed by atoms with Crippen LogP contribution in [0, 0.1) is 5.92 Å². The van der Waals surface area contributed by atoms with Crippen molar-refractivity contribution < 1.29 is 14.3 Å². The van der Waals surface area contributed by atoms with Crippen molar-refractivity contribution in [3.05, 3.63) is 0 Å².